The summed E-state index contributed by atoms with van der Waals surface area (Å²) in [6.45, 7) is -0.126. The van der Waals surface area contributed by atoms with Crippen molar-refractivity contribution in [3.8, 4) is 0 Å². The van der Waals surface area contributed by atoms with Crippen LogP contribution in [0.25, 0.3) is 0 Å². The molecule has 1 aromatic carbocycles. The molecule has 1 fully saturated rings. The number of piperidine rings is 1. The van der Waals surface area contributed by atoms with Gasteiger partial charge in [-0.3, -0.25) is 24.5 Å². The molecule has 0 aliphatic carbocycles. The number of carbonyl (C=O) groups excluding carboxylic acids is 4. The quantitative estimate of drug-likeness (QED) is 0.482. The summed E-state index contributed by atoms with van der Waals surface area (Å²) in [5.41, 5.74) is -2.49. The number of amides is 4. The van der Waals surface area contributed by atoms with E-state index in [1.165, 1.54) is 17.0 Å². The molecule has 4 amide bonds. The van der Waals surface area contributed by atoms with E-state index in [4.69, 9.17) is 0 Å². The Bertz CT molecular complexity index is 1260. The number of fused-ring (bicyclic) bond motifs is 1. The minimum Gasteiger partial charge on any atom is -0.335 e. The maximum absolute atomic E-state index is 13.7. The first-order valence-corrected chi connectivity index (χ1v) is 10.4. The lowest BCUT2D eigenvalue weighted by Crippen LogP contribution is -2.52. The Morgan fingerprint density at radius 2 is 1.81 bits per heavy atom. The molecule has 2 atom stereocenters. The number of hydrogen-bond donors (Lipinski definition) is 2. The van der Waals surface area contributed by atoms with E-state index in [1.807, 2.05) is 0 Å². The van der Waals surface area contributed by atoms with Crippen molar-refractivity contribution in [1.29, 1.82) is 0 Å². The van der Waals surface area contributed by atoms with Crippen LogP contribution in [-0.4, -0.2) is 45.7 Å². The summed E-state index contributed by atoms with van der Waals surface area (Å²) < 4.78 is 79.7. The second-order valence-corrected chi connectivity index (χ2v) is 8.17. The molecular formula is C22H16F6N4O4. The van der Waals surface area contributed by atoms with Gasteiger partial charge in [0.1, 0.15) is 11.7 Å². The number of alkyl halides is 6. The molecule has 2 aliphatic rings. The van der Waals surface area contributed by atoms with Crippen LogP contribution in [0.15, 0.2) is 36.4 Å². The first kappa shape index (κ1) is 25.1. The number of benzene rings is 1. The highest BCUT2D eigenvalue weighted by atomic mass is 19.4. The predicted molar refractivity (Wildman–Crippen MR) is 108 cm³/mol. The van der Waals surface area contributed by atoms with Gasteiger partial charge in [-0.2, -0.15) is 26.3 Å². The Labute approximate surface area is 198 Å². The van der Waals surface area contributed by atoms with Crippen LogP contribution in [0, 0.1) is 0 Å². The van der Waals surface area contributed by atoms with Gasteiger partial charge >= 0.3 is 12.4 Å². The highest BCUT2D eigenvalue weighted by Gasteiger charge is 2.45. The second-order valence-electron chi connectivity index (χ2n) is 8.17. The van der Waals surface area contributed by atoms with Gasteiger partial charge < -0.3 is 10.2 Å². The maximum Gasteiger partial charge on any atom is 0.433 e. The van der Waals surface area contributed by atoms with Crippen molar-refractivity contribution in [2.24, 2.45) is 0 Å². The SMILES string of the molecule is O=C1CCC(N2Cc3cc(C(=O)NC(c4cccc(C(F)(F)F)n4)C(F)(F)F)ccc3C2=O)C(=O)N1. The largest absolute Gasteiger partial charge is 0.433 e. The van der Waals surface area contributed by atoms with Crippen LogP contribution in [0.4, 0.5) is 26.3 Å². The lowest BCUT2D eigenvalue weighted by Gasteiger charge is -2.29. The van der Waals surface area contributed by atoms with Crippen molar-refractivity contribution >= 4 is 23.6 Å². The molecule has 0 saturated carbocycles. The van der Waals surface area contributed by atoms with Crippen molar-refractivity contribution in [2.75, 3.05) is 0 Å². The Kier molecular flexibility index (Phi) is 6.22. The van der Waals surface area contributed by atoms with Crippen molar-refractivity contribution in [2.45, 2.75) is 43.8 Å². The van der Waals surface area contributed by atoms with Gasteiger partial charge in [-0.25, -0.2) is 4.98 Å². The molecule has 2 N–H and O–H groups in total. The third-order valence-corrected chi connectivity index (χ3v) is 5.75. The first-order chi connectivity index (χ1) is 16.8. The fraction of sp³-hybridized carbons (Fsp3) is 0.318. The smallest absolute Gasteiger partial charge is 0.335 e. The van der Waals surface area contributed by atoms with Gasteiger partial charge in [0.15, 0.2) is 6.04 Å². The summed E-state index contributed by atoms with van der Waals surface area (Å²) in [5.74, 6) is -2.94. The van der Waals surface area contributed by atoms with Crippen LogP contribution in [0.2, 0.25) is 0 Å². The van der Waals surface area contributed by atoms with E-state index in [1.54, 1.807) is 5.32 Å². The molecule has 1 saturated heterocycles. The summed E-state index contributed by atoms with van der Waals surface area (Å²) in [6.07, 6.45) is -10.0. The fourth-order valence-corrected chi connectivity index (χ4v) is 4.02. The van der Waals surface area contributed by atoms with E-state index in [0.717, 1.165) is 12.1 Å². The van der Waals surface area contributed by atoms with E-state index >= 15 is 0 Å². The van der Waals surface area contributed by atoms with E-state index in [-0.39, 0.29) is 36.1 Å². The summed E-state index contributed by atoms with van der Waals surface area (Å²) in [5, 5.41) is 3.79. The standard InChI is InChI=1S/C22H16F6N4O4/c23-21(24,25)15-3-1-2-13(29-15)17(22(26,27)28)31-18(34)10-4-5-12-11(8-10)9-32(20(12)36)14-6-7-16(33)30-19(14)35/h1-5,8,14,17H,6-7,9H2,(H,31,34)(H,30,33,35). The average Bonchev–Trinajstić information content (AvgIpc) is 3.11. The van der Waals surface area contributed by atoms with Crippen LogP contribution in [0.3, 0.4) is 0 Å². The molecular weight excluding hydrogens is 498 g/mol. The average molecular weight is 514 g/mol. The fourth-order valence-electron chi connectivity index (χ4n) is 4.02. The maximum atomic E-state index is 13.7. The number of rotatable bonds is 4. The van der Waals surface area contributed by atoms with Crippen LogP contribution in [0.5, 0.6) is 0 Å². The zero-order valence-electron chi connectivity index (χ0n) is 18.0. The topological polar surface area (TPSA) is 108 Å². The number of nitrogens with one attached hydrogen (secondary N) is 2. The number of nitrogens with zero attached hydrogens (tertiary/aromatic N) is 2. The van der Waals surface area contributed by atoms with Crippen LogP contribution in [-0.2, 0) is 22.3 Å². The van der Waals surface area contributed by atoms with E-state index < -0.39 is 59.5 Å². The molecule has 36 heavy (non-hydrogen) atoms. The number of aromatic nitrogens is 1. The first-order valence-electron chi connectivity index (χ1n) is 10.4. The third kappa shape index (κ3) is 4.88. The Hall–Kier alpha value is -3.97. The van der Waals surface area contributed by atoms with E-state index in [9.17, 15) is 45.5 Å². The molecule has 0 spiro atoms. The molecule has 4 rings (SSSR count). The molecule has 1 aromatic heterocycles. The summed E-state index contributed by atoms with van der Waals surface area (Å²) in [6, 6.07) is 1.68. The van der Waals surface area contributed by atoms with Crippen LogP contribution < -0.4 is 10.6 Å². The van der Waals surface area contributed by atoms with E-state index in [2.05, 4.69) is 10.3 Å². The zero-order valence-corrected chi connectivity index (χ0v) is 18.0. The van der Waals surface area contributed by atoms with Crippen LogP contribution in [0.1, 0.15) is 56.6 Å². The molecule has 190 valence electrons. The van der Waals surface area contributed by atoms with Crippen molar-refractivity contribution in [3.63, 3.8) is 0 Å². The predicted octanol–water partition coefficient (Wildman–Crippen LogP) is 2.89. The molecule has 2 aromatic rings. The zero-order chi connectivity index (χ0) is 26.4. The molecule has 8 nitrogen and oxygen atoms in total. The van der Waals surface area contributed by atoms with Gasteiger partial charge in [-0.15, -0.1) is 0 Å². The van der Waals surface area contributed by atoms with Gasteiger partial charge in [0.2, 0.25) is 11.8 Å². The van der Waals surface area contributed by atoms with Crippen molar-refractivity contribution in [1.82, 2.24) is 20.5 Å². The number of pyridine rings is 1. The third-order valence-electron chi connectivity index (χ3n) is 5.75. The molecule has 2 aliphatic heterocycles. The summed E-state index contributed by atoms with van der Waals surface area (Å²) >= 11 is 0. The Balaban J connectivity index is 1.56. The molecule has 0 radical (unpaired) electrons. The molecule has 14 heteroatoms. The molecule has 0 bridgehead atoms. The van der Waals surface area contributed by atoms with Crippen molar-refractivity contribution < 1.29 is 45.5 Å². The monoisotopic (exact) mass is 514 g/mol. The minimum absolute atomic E-state index is 0.0204. The van der Waals surface area contributed by atoms with E-state index in [0.29, 0.717) is 12.1 Å². The number of hydrogen-bond acceptors (Lipinski definition) is 5. The minimum atomic E-state index is -5.16. The van der Waals surface area contributed by atoms with Gasteiger partial charge in [-0.1, -0.05) is 6.07 Å². The number of carbonyl (C=O) groups is 4. The highest BCUT2D eigenvalue weighted by Crippen LogP contribution is 2.35. The molecule has 2 unspecified atom stereocenters. The molecule has 3 heterocycles. The van der Waals surface area contributed by atoms with Crippen LogP contribution >= 0.6 is 0 Å². The number of imide groups is 1. The summed E-state index contributed by atoms with van der Waals surface area (Å²) in [7, 11) is 0. The normalized spacial score (nSPS) is 19.1. The number of halogens is 6. The second kappa shape index (κ2) is 8.91. The highest BCUT2D eigenvalue weighted by molar-refractivity contribution is 6.06. The van der Waals surface area contributed by atoms with Gasteiger partial charge in [-0.05, 0) is 42.3 Å². The summed E-state index contributed by atoms with van der Waals surface area (Å²) in [4.78, 5) is 53.1. The van der Waals surface area contributed by atoms with Gasteiger partial charge in [0, 0.05) is 24.1 Å². The Morgan fingerprint density at radius 1 is 1.08 bits per heavy atom. The lowest BCUT2D eigenvalue weighted by atomic mass is 10.0. The Morgan fingerprint density at radius 3 is 2.44 bits per heavy atom. The van der Waals surface area contributed by atoms with Crippen molar-refractivity contribution in [3.05, 3.63) is 64.5 Å². The van der Waals surface area contributed by atoms with Gasteiger partial charge in [0.25, 0.3) is 11.8 Å². The lowest BCUT2D eigenvalue weighted by molar-refractivity contribution is -0.157. The van der Waals surface area contributed by atoms with Gasteiger partial charge in [0.05, 0.1) is 5.69 Å².